The molecule has 18 heavy (non-hydrogen) atoms. The van der Waals surface area contributed by atoms with Gasteiger partial charge in [-0.3, -0.25) is 4.79 Å². The van der Waals surface area contributed by atoms with Gasteiger partial charge in [0.25, 0.3) is 0 Å². The highest BCUT2D eigenvalue weighted by Gasteiger charge is 2.29. The number of amides is 1. The summed E-state index contributed by atoms with van der Waals surface area (Å²) in [4.78, 5) is 21.8. The molecule has 3 N–H and O–H groups in total. The predicted molar refractivity (Wildman–Crippen MR) is 70.1 cm³/mol. The summed E-state index contributed by atoms with van der Waals surface area (Å²) in [6.45, 7) is 2.85. The molecule has 2 rings (SSSR count). The Balaban J connectivity index is 2.18. The van der Waals surface area contributed by atoms with E-state index in [1.807, 2.05) is 7.05 Å². The molecule has 0 spiro atoms. The van der Waals surface area contributed by atoms with Gasteiger partial charge in [0.1, 0.15) is 24.0 Å². The Bertz CT molecular complexity index is 448. The minimum atomic E-state index is -0.195. The van der Waals surface area contributed by atoms with Gasteiger partial charge in [-0.25, -0.2) is 9.97 Å². The highest BCUT2D eigenvalue weighted by atomic mass is 16.2. The Labute approximate surface area is 107 Å². The van der Waals surface area contributed by atoms with Crippen molar-refractivity contribution in [2.24, 2.45) is 0 Å². The Hall–Kier alpha value is -1.85. The Morgan fingerprint density at radius 1 is 1.56 bits per heavy atom. The monoisotopic (exact) mass is 249 g/mol. The number of nitrogen functional groups attached to an aromatic ring is 1. The fraction of sp³-hybridized carbons (Fsp3) is 0.583. The van der Waals surface area contributed by atoms with Crippen molar-refractivity contribution >= 4 is 17.5 Å². The zero-order valence-corrected chi connectivity index (χ0v) is 10.8. The van der Waals surface area contributed by atoms with Crippen molar-refractivity contribution in [2.75, 3.05) is 24.6 Å². The van der Waals surface area contributed by atoms with E-state index in [9.17, 15) is 4.79 Å². The molecule has 1 aromatic rings. The van der Waals surface area contributed by atoms with Crippen molar-refractivity contribution in [2.45, 2.75) is 32.2 Å². The number of nitrogens with one attached hydrogen (secondary N) is 1. The molecule has 0 saturated carbocycles. The molecule has 1 aromatic heterocycles. The molecular weight excluding hydrogens is 230 g/mol. The quantitative estimate of drug-likeness (QED) is 0.818. The summed E-state index contributed by atoms with van der Waals surface area (Å²) in [6.07, 6.45) is 4.00. The van der Waals surface area contributed by atoms with E-state index in [0.29, 0.717) is 11.6 Å². The summed E-state index contributed by atoms with van der Waals surface area (Å²) < 4.78 is 0. The summed E-state index contributed by atoms with van der Waals surface area (Å²) in [5.41, 5.74) is 6.76. The molecule has 1 amide bonds. The lowest BCUT2D eigenvalue weighted by molar-refractivity contribution is -0.127. The second kappa shape index (κ2) is 5.20. The normalized spacial score (nSPS) is 19.3. The van der Waals surface area contributed by atoms with Crippen LogP contribution in [0.15, 0.2) is 6.33 Å². The SMILES string of the molecule is CCCc1c(N)ncnc1NC1CCN(C)C1=O. The van der Waals surface area contributed by atoms with Gasteiger partial charge in [0.05, 0.1) is 0 Å². The standard InChI is InChI=1S/C12H19N5O/c1-3-4-8-10(13)14-7-15-11(8)16-9-5-6-17(2)12(9)18/h7,9H,3-6H2,1-2H3,(H3,13,14,15,16). The smallest absolute Gasteiger partial charge is 0.244 e. The Morgan fingerprint density at radius 3 is 2.94 bits per heavy atom. The van der Waals surface area contributed by atoms with Crippen LogP contribution in [-0.2, 0) is 11.2 Å². The maximum atomic E-state index is 11.9. The summed E-state index contributed by atoms with van der Waals surface area (Å²) in [5.74, 6) is 1.29. The van der Waals surface area contributed by atoms with E-state index in [2.05, 4.69) is 22.2 Å². The number of nitrogens with zero attached hydrogens (tertiary/aromatic N) is 3. The predicted octanol–water partition coefficient (Wildman–Crippen LogP) is 0.654. The maximum Gasteiger partial charge on any atom is 0.244 e. The number of nitrogens with two attached hydrogens (primary N) is 1. The lowest BCUT2D eigenvalue weighted by atomic mass is 10.1. The molecule has 0 radical (unpaired) electrons. The summed E-state index contributed by atoms with van der Waals surface area (Å²) in [6, 6.07) is -0.195. The van der Waals surface area contributed by atoms with Crippen molar-refractivity contribution in [1.29, 1.82) is 0 Å². The van der Waals surface area contributed by atoms with Gasteiger partial charge in [0.2, 0.25) is 5.91 Å². The number of carbonyl (C=O) groups is 1. The Kier molecular flexibility index (Phi) is 3.64. The number of likely N-dealkylation sites (N-methyl/N-ethyl adjacent to an activating group) is 1. The number of likely N-dealkylation sites (tertiary alicyclic amines) is 1. The van der Waals surface area contributed by atoms with Crippen LogP contribution in [0.1, 0.15) is 25.3 Å². The first-order chi connectivity index (χ1) is 8.63. The number of hydrogen-bond donors (Lipinski definition) is 2. The van der Waals surface area contributed by atoms with E-state index in [1.165, 1.54) is 6.33 Å². The van der Waals surface area contributed by atoms with Gasteiger partial charge in [-0.1, -0.05) is 13.3 Å². The molecule has 1 fully saturated rings. The van der Waals surface area contributed by atoms with Crippen LogP contribution in [0.5, 0.6) is 0 Å². The van der Waals surface area contributed by atoms with Gasteiger partial charge < -0.3 is 16.0 Å². The lowest BCUT2D eigenvalue weighted by Crippen LogP contribution is -2.31. The first-order valence-corrected chi connectivity index (χ1v) is 6.24. The van der Waals surface area contributed by atoms with Crippen LogP contribution >= 0.6 is 0 Å². The van der Waals surface area contributed by atoms with Crippen molar-refractivity contribution in [1.82, 2.24) is 14.9 Å². The highest BCUT2D eigenvalue weighted by molar-refractivity contribution is 5.86. The van der Waals surface area contributed by atoms with Crippen molar-refractivity contribution in [3.8, 4) is 0 Å². The second-order valence-electron chi connectivity index (χ2n) is 4.58. The Morgan fingerprint density at radius 2 is 2.33 bits per heavy atom. The van der Waals surface area contributed by atoms with E-state index in [-0.39, 0.29) is 11.9 Å². The van der Waals surface area contributed by atoms with Crippen molar-refractivity contribution in [3.63, 3.8) is 0 Å². The van der Waals surface area contributed by atoms with Crippen LogP contribution < -0.4 is 11.1 Å². The van der Waals surface area contributed by atoms with Gasteiger partial charge in [0, 0.05) is 19.2 Å². The fourth-order valence-corrected chi connectivity index (χ4v) is 2.17. The number of rotatable bonds is 4. The first-order valence-electron chi connectivity index (χ1n) is 6.24. The van der Waals surface area contributed by atoms with E-state index in [1.54, 1.807) is 4.90 Å². The molecule has 1 saturated heterocycles. The summed E-state index contributed by atoms with van der Waals surface area (Å²) in [7, 11) is 1.81. The molecule has 1 aliphatic rings. The fourth-order valence-electron chi connectivity index (χ4n) is 2.17. The topological polar surface area (TPSA) is 84.1 Å². The average molecular weight is 249 g/mol. The zero-order chi connectivity index (χ0) is 13.1. The van der Waals surface area contributed by atoms with Crippen LogP contribution in [0, 0.1) is 0 Å². The minimum absolute atomic E-state index is 0.106. The van der Waals surface area contributed by atoms with Gasteiger partial charge in [-0.15, -0.1) is 0 Å². The van der Waals surface area contributed by atoms with Crippen LogP contribution in [0.4, 0.5) is 11.6 Å². The number of anilines is 2. The largest absolute Gasteiger partial charge is 0.383 e. The third-order valence-corrected chi connectivity index (χ3v) is 3.22. The molecule has 0 aromatic carbocycles. The van der Waals surface area contributed by atoms with Crippen LogP contribution in [0.25, 0.3) is 0 Å². The van der Waals surface area contributed by atoms with Crippen LogP contribution in [0.3, 0.4) is 0 Å². The van der Waals surface area contributed by atoms with E-state index < -0.39 is 0 Å². The van der Waals surface area contributed by atoms with Gasteiger partial charge in [0.15, 0.2) is 0 Å². The molecule has 6 heteroatoms. The van der Waals surface area contributed by atoms with Gasteiger partial charge >= 0.3 is 0 Å². The van der Waals surface area contributed by atoms with Gasteiger partial charge in [-0.05, 0) is 12.8 Å². The van der Waals surface area contributed by atoms with Crippen LogP contribution in [-0.4, -0.2) is 40.4 Å². The molecule has 1 unspecified atom stereocenters. The third kappa shape index (κ3) is 2.37. The molecule has 2 heterocycles. The molecule has 98 valence electrons. The van der Waals surface area contributed by atoms with E-state index in [4.69, 9.17) is 5.73 Å². The van der Waals surface area contributed by atoms with E-state index >= 15 is 0 Å². The molecule has 1 atom stereocenters. The molecule has 0 bridgehead atoms. The first kappa shape index (κ1) is 12.6. The van der Waals surface area contributed by atoms with Crippen molar-refractivity contribution < 1.29 is 4.79 Å². The number of hydrogen-bond acceptors (Lipinski definition) is 5. The summed E-state index contributed by atoms with van der Waals surface area (Å²) >= 11 is 0. The molecule has 0 aliphatic carbocycles. The second-order valence-corrected chi connectivity index (χ2v) is 4.58. The van der Waals surface area contributed by atoms with E-state index in [0.717, 1.165) is 31.4 Å². The highest BCUT2D eigenvalue weighted by Crippen LogP contribution is 2.22. The molecule has 6 nitrogen and oxygen atoms in total. The average Bonchev–Trinajstić information content (AvgIpc) is 2.66. The molecular formula is C12H19N5O. The zero-order valence-electron chi connectivity index (χ0n) is 10.8. The minimum Gasteiger partial charge on any atom is -0.383 e. The summed E-state index contributed by atoms with van der Waals surface area (Å²) in [5, 5.41) is 3.19. The van der Waals surface area contributed by atoms with Gasteiger partial charge in [-0.2, -0.15) is 0 Å². The third-order valence-electron chi connectivity index (χ3n) is 3.22. The lowest BCUT2D eigenvalue weighted by Gasteiger charge is -2.16. The van der Waals surface area contributed by atoms with Crippen molar-refractivity contribution in [3.05, 3.63) is 11.9 Å². The number of aromatic nitrogens is 2. The maximum absolute atomic E-state index is 11.9. The van der Waals surface area contributed by atoms with Crippen LogP contribution in [0.2, 0.25) is 0 Å². The molecule has 1 aliphatic heterocycles. The number of carbonyl (C=O) groups excluding carboxylic acids is 1.